The lowest BCUT2D eigenvalue weighted by Gasteiger charge is -2.40. The standard InChI is InChI=1S/C13H16N2O2/c1-15-8-13(6-3-7-13)12(17)14-9-4-2-5-10(16)11(9)15/h2,4-5,16H,3,6-8H2,1H3,(H,14,17). The maximum absolute atomic E-state index is 12.2. The highest BCUT2D eigenvalue weighted by atomic mass is 16.3. The van der Waals surface area contributed by atoms with Crippen LogP contribution < -0.4 is 10.2 Å². The number of fused-ring (bicyclic) bond motifs is 1. The topological polar surface area (TPSA) is 52.6 Å². The molecule has 4 nitrogen and oxygen atoms in total. The van der Waals surface area contributed by atoms with Crippen LogP contribution in [0.25, 0.3) is 0 Å². The van der Waals surface area contributed by atoms with E-state index in [4.69, 9.17) is 0 Å². The van der Waals surface area contributed by atoms with Gasteiger partial charge < -0.3 is 15.3 Å². The summed E-state index contributed by atoms with van der Waals surface area (Å²) >= 11 is 0. The zero-order valence-corrected chi connectivity index (χ0v) is 9.86. The molecule has 1 saturated carbocycles. The van der Waals surface area contributed by atoms with Gasteiger partial charge in [-0.3, -0.25) is 4.79 Å². The third-order valence-corrected chi connectivity index (χ3v) is 3.98. The summed E-state index contributed by atoms with van der Waals surface area (Å²) in [5.41, 5.74) is 1.19. The minimum absolute atomic E-state index is 0.0972. The number of hydrogen-bond donors (Lipinski definition) is 2. The minimum Gasteiger partial charge on any atom is -0.506 e. The average Bonchev–Trinajstić information content (AvgIpc) is 2.33. The Bertz CT molecular complexity index is 480. The highest BCUT2D eigenvalue weighted by Crippen LogP contribution is 2.47. The number of carbonyl (C=O) groups excluding carboxylic acids is 1. The van der Waals surface area contributed by atoms with Crippen LogP contribution in [0.4, 0.5) is 11.4 Å². The zero-order valence-electron chi connectivity index (χ0n) is 9.86. The van der Waals surface area contributed by atoms with Crippen molar-refractivity contribution in [2.75, 3.05) is 23.8 Å². The summed E-state index contributed by atoms with van der Waals surface area (Å²) in [6.07, 6.45) is 3.00. The molecule has 0 saturated heterocycles. The molecule has 0 atom stereocenters. The summed E-state index contributed by atoms with van der Waals surface area (Å²) < 4.78 is 0. The molecule has 1 heterocycles. The highest BCUT2D eigenvalue weighted by molar-refractivity contribution is 6.01. The lowest BCUT2D eigenvalue weighted by atomic mass is 9.68. The second kappa shape index (κ2) is 3.39. The number of hydrogen-bond acceptors (Lipinski definition) is 3. The first-order valence-electron chi connectivity index (χ1n) is 5.97. The Morgan fingerprint density at radius 3 is 2.82 bits per heavy atom. The van der Waals surface area contributed by atoms with Crippen LogP contribution in [-0.4, -0.2) is 24.6 Å². The van der Waals surface area contributed by atoms with Gasteiger partial charge in [0.25, 0.3) is 0 Å². The van der Waals surface area contributed by atoms with E-state index < -0.39 is 0 Å². The van der Waals surface area contributed by atoms with Gasteiger partial charge >= 0.3 is 0 Å². The molecule has 2 N–H and O–H groups in total. The van der Waals surface area contributed by atoms with Crippen molar-refractivity contribution in [2.24, 2.45) is 5.41 Å². The Morgan fingerprint density at radius 1 is 1.41 bits per heavy atom. The Hall–Kier alpha value is -1.71. The number of nitrogens with one attached hydrogen (secondary N) is 1. The van der Waals surface area contributed by atoms with Gasteiger partial charge in [-0.1, -0.05) is 12.5 Å². The quantitative estimate of drug-likeness (QED) is 0.719. The van der Waals surface area contributed by atoms with E-state index in [0.717, 1.165) is 24.9 Å². The first-order valence-corrected chi connectivity index (χ1v) is 5.97. The number of phenolic OH excluding ortho intramolecular Hbond substituents is 1. The third-order valence-electron chi connectivity index (χ3n) is 3.98. The smallest absolute Gasteiger partial charge is 0.232 e. The van der Waals surface area contributed by atoms with E-state index in [1.807, 2.05) is 18.0 Å². The molecule has 90 valence electrons. The number of rotatable bonds is 0. The second-order valence-electron chi connectivity index (χ2n) is 5.12. The normalized spacial score (nSPS) is 21.5. The maximum atomic E-state index is 12.2. The monoisotopic (exact) mass is 232 g/mol. The number of nitrogens with zero attached hydrogens (tertiary/aromatic N) is 1. The van der Waals surface area contributed by atoms with Crippen LogP contribution in [0.3, 0.4) is 0 Å². The van der Waals surface area contributed by atoms with E-state index in [-0.39, 0.29) is 17.1 Å². The summed E-state index contributed by atoms with van der Waals surface area (Å²) in [6, 6.07) is 5.24. The van der Waals surface area contributed by atoms with Gasteiger partial charge in [0.2, 0.25) is 5.91 Å². The van der Waals surface area contributed by atoms with Gasteiger partial charge in [0, 0.05) is 13.6 Å². The minimum atomic E-state index is -0.250. The predicted octanol–water partition coefficient (Wildman–Crippen LogP) is 1.95. The summed E-state index contributed by atoms with van der Waals surface area (Å²) in [6.45, 7) is 0.684. The number of carbonyl (C=O) groups is 1. The number of para-hydroxylation sites is 1. The Kier molecular flexibility index (Phi) is 2.08. The molecule has 0 bridgehead atoms. The van der Waals surface area contributed by atoms with Crippen LogP contribution in [0, 0.1) is 5.41 Å². The number of aromatic hydroxyl groups is 1. The van der Waals surface area contributed by atoms with E-state index in [0.29, 0.717) is 12.2 Å². The van der Waals surface area contributed by atoms with Crippen molar-refractivity contribution in [2.45, 2.75) is 19.3 Å². The van der Waals surface area contributed by atoms with E-state index in [9.17, 15) is 9.90 Å². The van der Waals surface area contributed by atoms with Crippen molar-refractivity contribution in [3.63, 3.8) is 0 Å². The van der Waals surface area contributed by atoms with Gasteiger partial charge in [-0.05, 0) is 25.0 Å². The largest absolute Gasteiger partial charge is 0.506 e. The van der Waals surface area contributed by atoms with Crippen LogP contribution >= 0.6 is 0 Å². The molecule has 1 amide bonds. The average molecular weight is 232 g/mol. The summed E-state index contributed by atoms with van der Waals surface area (Å²) in [5.74, 6) is 0.321. The molecule has 0 radical (unpaired) electrons. The highest BCUT2D eigenvalue weighted by Gasteiger charge is 2.47. The van der Waals surface area contributed by atoms with Crippen LogP contribution in [0.2, 0.25) is 0 Å². The first kappa shape index (κ1) is 10.4. The maximum Gasteiger partial charge on any atom is 0.232 e. The summed E-state index contributed by atoms with van der Waals surface area (Å²) in [4.78, 5) is 14.2. The van der Waals surface area contributed by atoms with E-state index in [1.54, 1.807) is 12.1 Å². The predicted molar refractivity (Wildman–Crippen MR) is 66.3 cm³/mol. The Balaban J connectivity index is 2.07. The fraction of sp³-hybridized carbons (Fsp3) is 0.462. The molecule has 2 aliphatic rings. The summed E-state index contributed by atoms with van der Waals surface area (Å²) in [7, 11) is 1.93. The molecule has 1 spiro atoms. The van der Waals surface area contributed by atoms with Crippen LogP contribution in [0.1, 0.15) is 19.3 Å². The molecule has 1 aromatic carbocycles. The zero-order chi connectivity index (χ0) is 12.0. The molecule has 4 heteroatoms. The fourth-order valence-corrected chi connectivity index (χ4v) is 2.88. The SMILES string of the molecule is CN1CC2(CCC2)C(=O)Nc2cccc(O)c21. The summed E-state index contributed by atoms with van der Waals surface area (Å²) in [5, 5.41) is 12.9. The molecule has 1 aromatic rings. The van der Waals surface area contributed by atoms with E-state index >= 15 is 0 Å². The van der Waals surface area contributed by atoms with Gasteiger partial charge in [0.1, 0.15) is 11.4 Å². The van der Waals surface area contributed by atoms with Crippen LogP contribution in [0.15, 0.2) is 18.2 Å². The van der Waals surface area contributed by atoms with Crippen LogP contribution in [-0.2, 0) is 4.79 Å². The number of benzene rings is 1. The molecule has 0 unspecified atom stereocenters. The van der Waals surface area contributed by atoms with Crippen molar-refractivity contribution < 1.29 is 9.90 Å². The number of amides is 1. The van der Waals surface area contributed by atoms with Crippen molar-refractivity contribution in [3.05, 3.63) is 18.2 Å². The molecule has 17 heavy (non-hydrogen) atoms. The van der Waals surface area contributed by atoms with Crippen molar-refractivity contribution in [1.82, 2.24) is 0 Å². The third kappa shape index (κ3) is 1.40. The van der Waals surface area contributed by atoms with Gasteiger partial charge in [-0.2, -0.15) is 0 Å². The van der Waals surface area contributed by atoms with E-state index in [2.05, 4.69) is 5.32 Å². The Morgan fingerprint density at radius 2 is 2.18 bits per heavy atom. The van der Waals surface area contributed by atoms with E-state index in [1.165, 1.54) is 0 Å². The van der Waals surface area contributed by atoms with Crippen molar-refractivity contribution >= 4 is 17.3 Å². The van der Waals surface area contributed by atoms with Gasteiger partial charge in [-0.25, -0.2) is 0 Å². The van der Waals surface area contributed by atoms with Gasteiger partial charge in [-0.15, -0.1) is 0 Å². The number of anilines is 2. The molecule has 1 aliphatic heterocycles. The lowest BCUT2D eigenvalue weighted by Crippen LogP contribution is -2.47. The lowest BCUT2D eigenvalue weighted by molar-refractivity contribution is -0.129. The van der Waals surface area contributed by atoms with Crippen molar-refractivity contribution in [1.29, 1.82) is 0 Å². The van der Waals surface area contributed by atoms with Gasteiger partial charge in [0.05, 0.1) is 11.1 Å². The molecule has 1 aliphatic carbocycles. The fourth-order valence-electron chi connectivity index (χ4n) is 2.88. The molecular weight excluding hydrogens is 216 g/mol. The number of phenols is 1. The molecule has 3 rings (SSSR count). The molecule has 0 aromatic heterocycles. The van der Waals surface area contributed by atoms with Crippen LogP contribution in [0.5, 0.6) is 5.75 Å². The van der Waals surface area contributed by atoms with Crippen molar-refractivity contribution in [3.8, 4) is 5.75 Å². The molecule has 1 fully saturated rings. The Labute approximate surface area is 100 Å². The molecular formula is C13H16N2O2. The first-order chi connectivity index (χ1) is 8.12. The second-order valence-corrected chi connectivity index (χ2v) is 5.12. The van der Waals surface area contributed by atoms with Gasteiger partial charge in [0.15, 0.2) is 0 Å².